The highest BCUT2D eigenvalue weighted by atomic mass is 16.4. The first kappa shape index (κ1) is 20.6. The lowest BCUT2D eigenvalue weighted by Gasteiger charge is -2.05. The van der Waals surface area contributed by atoms with E-state index < -0.39 is 5.97 Å². The maximum Gasteiger partial charge on any atom is 0.303 e. The first-order valence-corrected chi connectivity index (χ1v) is 8.55. The summed E-state index contributed by atoms with van der Waals surface area (Å²) in [7, 11) is 0. The zero-order chi connectivity index (χ0) is 16.5. The average molecular weight is 308 g/mol. The van der Waals surface area contributed by atoms with Crippen molar-refractivity contribution in [2.75, 3.05) is 0 Å². The van der Waals surface area contributed by atoms with Gasteiger partial charge in [0, 0.05) is 6.42 Å². The molecule has 0 fully saturated rings. The zero-order valence-corrected chi connectivity index (χ0v) is 13.9. The van der Waals surface area contributed by atoms with Crippen molar-refractivity contribution in [2.24, 2.45) is 0 Å². The van der Waals surface area contributed by atoms with E-state index in [9.17, 15) is 9.90 Å². The highest BCUT2D eigenvalue weighted by molar-refractivity contribution is 5.66. The van der Waals surface area contributed by atoms with Gasteiger partial charge >= 0.3 is 5.97 Å². The van der Waals surface area contributed by atoms with Crippen LogP contribution in [0.4, 0.5) is 0 Å². The fraction of sp³-hybridized carbons (Fsp3) is 0.632. The van der Waals surface area contributed by atoms with Gasteiger partial charge in [0.1, 0.15) is 0 Å². The molecule has 2 N–H and O–H groups in total. The highest BCUT2D eigenvalue weighted by Crippen LogP contribution is 2.10. The van der Waals surface area contributed by atoms with Gasteiger partial charge in [0.15, 0.2) is 0 Å². The number of carboxylic acids is 1. The van der Waals surface area contributed by atoms with Crippen LogP contribution in [0.15, 0.2) is 36.5 Å². The van der Waals surface area contributed by atoms with E-state index in [1.807, 2.05) is 18.2 Å². The fourth-order valence-electron chi connectivity index (χ4n) is 2.12. The van der Waals surface area contributed by atoms with Crippen LogP contribution in [0.25, 0.3) is 0 Å². The Morgan fingerprint density at radius 2 is 1.64 bits per heavy atom. The van der Waals surface area contributed by atoms with Crippen LogP contribution < -0.4 is 0 Å². The predicted molar refractivity (Wildman–Crippen MR) is 92.9 cm³/mol. The lowest BCUT2D eigenvalue weighted by molar-refractivity contribution is -0.137. The van der Waals surface area contributed by atoms with Gasteiger partial charge in [-0.3, -0.25) is 4.79 Å². The van der Waals surface area contributed by atoms with Crippen LogP contribution >= 0.6 is 0 Å². The van der Waals surface area contributed by atoms with Crippen molar-refractivity contribution >= 4 is 5.97 Å². The molecular formula is C19H32O3. The summed E-state index contributed by atoms with van der Waals surface area (Å²) in [6, 6.07) is 0. The van der Waals surface area contributed by atoms with Gasteiger partial charge in [-0.05, 0) is 25.7 Å². The molecule has 0 aromatic carbocycles. The zero-order valence-electron chi connectivity index (χ0n) is 13.9. The first-order valence-electron chi connectivity index (χ1n) is 8.55. The van der Waals surface area contributed by atoms with Crippen molar-refractivity contribution in [1.29, 1.82) is 0 Å². The minimum absolute atomic E-state index is 0.283. The molecule has 0 aliphatic heterocycles. The molecule has 0 saturated carbocycles. The Morgan fingerprint density at radius 3 is 2.32 bits per heavy atom. The molecule has 0 heterocycles. The van der Waals surface area contributed by atoms with E-state index in [1.165, 1.54) is 0 Å². The van der Waals surface area contributed by atoms with Crippen LogP contribution in [0.5, 0.6) is 0 Å². The van der Waals surface area contributed by atoms with Crippen LogP contribution in [0.1, 0.15) is 71.1 Å². The van der Waals surface area contributed by atoms with Gasteiger partial charge < -0.3 is 10.2 Å². The van der Waals surface area contributed by atoms with Crippen molar-refractivity contribution in [3.63, 3.8) is 0 Å². The van der Waals surface area contributed by atoms with Gasteiger partial charge in [0.05, 0.1) is 6.10 Å². The Labute approximate surface area is 135 Å². The minimum atomic E-state index is -0.703. The number of hydrogen-bond acceptors (Lipinski definition) is 2. The summed E-state index contributed by atoms with van der Waals surface area (Å²) in [5, 5.41) is 18.3. The number of aliphatic hydroxyl groups excluding tert-OH is 1. The summed E-state index contributed by atoms with van der Waals surface area (Å²) in [6.45, 7) is 2.12. The quantitative estimate of drug-likeness (QED) is 0.269. The van der Waals surface area contributed by atoms with E-state index in [0.717, 1.165) is 57.8 Å². The van der Waals surface area contributed by atoms with Gasteiger partial charge in [-0.15, -0.1) is 0 Å². The van der Waals surface area contributed by atoms with Crippen molar-refractivity contribution in [1.82, 2.24) is 0 Å². The molecule has 0 aromatic rings. The van der Waals surface area contributed by atoms with E-state index in [-0.39, 0.29) is 12.5 Å². The van der Waals surface area contributed by atoms with E-state index in [1.54, 1.807) is 0 Å². The van der Waals surface area contributed by atoms with Crippen molar-refractivity contribution in [3.05, 3.63) is 36.5 Å². The molecule has 1 atom stereocenters. The lowest BCUT2D eigenvalue weighted by atomic mass is 10.1. The number of unbranched alkanes of at least 4 members (excludes halogenated alkanes) is 5. The smallest absolute Gasteiger partial charge is 0.303 e. The third-order valence-corrected chi connectivity index (χ3v) is 3.40. The van der Waals surface area contributed by atoms with Crippen molar-refractivity contribution in [3.8, 4) is 0 Å². The van der Waals surface area contributed by atoms with Crippen molar-refractivity contribution < 1.29 is 15.0 Å². The maximum atomic E-state index is 10.3. The molecule has 0 radical (unpaired) electrons. The second kappa shape index (κ2) is 16.0. The van der Waals surface area contributed by atoms with Crippen molar-refractivity contribution in [2.45, 2.75) is 77.2 Å². The highest BCUT2D eigenvalue weighted by Gasteiger charge is 1.99. The van der Waals surface area contributed by atoms with E-state index in [0.29, 0.717) is 0 Å². The summed E-state index contributed by atoms with van der Waals surface area (Å²) in [6.07, 6.45) is 20.9. The van der Waals surface area contributed by atoms with E-state index in [2.05, 4.69) is 25.2 Å². The molecule has 0 spiro atoms. The van der Waals surface area contributed by atoms with Gasteiger partial charge in [-0.25, -0.2) is 0 Å². The largest absolute Gasteiger partial charge is 0.481 e. The van der Waals surface area contributed by atoms with Crippen LogP contribution in [-0.4, -0.2) is 22.3 Å². The minimum Gasteiger partial charge on any atom is -0.481 e. The van der Waals surface area contributed by atoms with Crippen LogP contribution in [-0.2, 0) is 4.79 Å². The topological polar surface area (TPSA) is 57.5 Å². The number of allylic oxidation sites excluding steroid dienone is 5. The molecule has 3 nitrogen and oxygen atoms in total. The second-order valence-electron chi connectivity index (χ2n) is 5.55. The molecule has 0 amide bonds. The maximum absolute atomic E-state index is 10.3. The standard InChI is InChI=1S/C19H32O3/c1-2-3-4-5-6-9-12-15-18(20)16-13-10-7-8-11-14-17-19(21)22/h3-4,6,9,12,15,18,20H,2,5,7-8,10-11,13-14,16-17H2,1H3,(H,21,22). The molecule has 22 heavy (non-hydrogen) atoms. The lowest BCUT2D eigenvalue weighted by Crippen LogP contribution is -2.01. The average Bonchev–Trinajstić information content (AvgIpc) is 2.48. The number of carbonyl (C=O) groups is 1. The van der Waals surface area contributed by atoms with Crippen LogP contribution in [0.2, 0.25) is 0 Å². The molecule has 0 bridgehead atoms. The third-order valence-electron chi connectivity index (χ3n) is 3.40. The third kappa shape index (κ3) is 16.7. The molecular weight excluding hydrogens is 276 g/mol. The van der Waals surface area contributed by atoms with Crippen LogP contribution in [0, 0.1) is 0 Å². The fourth-order valence-corrected chi connectivity index (χ4v) is 2.12. The summed E-state index contributed by atoms with van der Waals surface area (Å²) < 4.78 is 0. The Balaban J connectivity index is 3.43. The molecule has 0 aromatic heterocycles. The molecule has 0 rings (SSSR count). The van der Waals surface area contributed by atoms with Gasteiger partial charge in [0.2, 0.25) is 0 Å². The Hall–Kier alpha value is -1.35. The SMILES string of the molecule is CCC=CCC=CC=CC(O)CCCCCCCCC(=O)O. The van der Waals surface area contributed by atoms with E-state index >= 15 is 0 Å². The number of aliphatic carboxylic acids is 1. The van der Waals surface area contributed by atoms with E-state index in [4.69, 9.17) is 5.11 Å². The molecule has 0 aliphatic carbocycles. The van der Waals surface area contributed by atoms with Gasteiger partial charge in [-0.1, -0.05) is 75.5 Å². The molecule has 3 heteroatoms. The molecule has 0 saturated heterocycles. The monoisotopic (exact) mass is 308 g/mol. The number of carboxylic acid groups (broad SMARTS) is 1. The summed E-state index contributed by atoms with van der Waals surface area (Å²) >= 11 is 0. The normalized spacial score (nSPS) is 13.5. The Morgan fingerprint density at radius 1 is 0.955 bits per heavy atom. The predicted octanol–water partition coefficient (Wildman–Crippen LogP) is 5.02. The molecule has 1 unspecified atom stereocenters. The summed E-state index contributed by atoms with van der Waals surface area (Å²) in [5.41, 5.74) is 0. The van der Waals surface area contributed by atoms with Crippen LogP contribution in [0.3, 0.4) is 0 Å². The number of hydrogen-bond donors (Lipinski definition) is 2. The summed E-state index contributed by atoms with van der Waals surface area (Å²) in [4.78, 5) is 10.3. The first-order chi connectivity index (χ1) is 10.7. The second-order valence-corrected chi connectivity index (χ2v) is 5.55. The Kier molecular flexibility index (Phi) is 15.0. The van der Waals surface area contributed by atoms with Gasteiger partial charge in [-0.2, -0.15) is 0 Å². The number of aliphatic hydroxyl groups is 1. The molecule has 126 valence electrons. The molecule has 0 aliphatic rings. The summed E-state index contributed by atoms with van der Waals surface area (Å²) in [5.74, 6) is -0.703. The number of rotatable bonds is 14. The Bertz CT molecular complexity index is 343. The van der Waals surface area contributed by atoms with Gasteiger partial charge in [0.25, 0.3) is 0 Å².